The second-order valence-corrected chi connectivity index (χ2v) is 5.00. The van der Waals surface area contributed by atoms with E-state index >= 15 is 0 Å². The number of halogens is 3. The predicted molar refractivity (Wildman–Crippen MR) is 81.0 cm³/mol. The van der Waals surface area contributed by atoms with Crippen molar-refractivity contribution in [2.24, 2.45) is 5.73 Å². The molecule has 1 aromatic carbocycles. The zero-order chi connectivity index (χ0) is 13.4. The highest BCUT2D eigenvalue weighted by atomic mass is 79.9. The Labute approximate surface area is 127 Å². The quantitative estimate of drug-likeness (QED) is 0.741. The first kappa shape index (κ1) is 18.4. The van der Waals surface area contributed by atoms with Gasteiger partial charge in [0.05, 0.1) is 0 Å². The summed E-state index contributed by atoms with van der Waals surface area (Å²) in [4.78, 5) is 11.3. The number of nitrogens with two attached hydrogens (primary N) is 1. The Balaban J connectivity index is 0.00000324. The Hall–Kier alpha value is -0.650. The van der Waals surface area contributed by atoms with Gasteiger partial charge in [-0.15, -0.1) is 12.4 Å². The largest absolute Gasteiger partial charge is 0.356 e. The summed E-state index contributed by atoms with van der Waals surface area (Å²) in [5.74, 6) is -0.199. The fourth-order valence-corrected chi connectivity index (χ4v) is 1.92. The van der Waals surface area contributed by atoms with Crippen LogP contribution in [0.5, 0.6) is 0 Å². The van der Waals surface area contributed by atoms with Crippen LogP contribution in [0.2, 0.25) is 0 Å². The summed E-state index contributed by atoms with van der Waals surface area (Å²) in [5, 5.41) is 2.79. The van der Waals surface area contributed by atoms with Crippen LogP contribution in [0.15, 0.2) is 22.7 Å². The smallest absolute Gasteiger partial charge is 0.220 e. The van der Waals surface area contributed by atoms with Crippen molar-refractivity contribution >= 4 is 34.2 Å². The average molecular weight is 354 g/mol. The molecule has 19 heavy (non-hydrogen) atoms. The highest BCUT2D eigenvalue weighted by Crippen LogP contribution is 2.16. The Bertz CT molecular complexity index is 404. The molecule has 1 rings (SSSR count). The number of rotatable bonds is 7. The minimum atomic E-state index is -0.209. The minimum Gasteiger partial charge on any atom is -0.356 e. The molecule has 0 aliphatic rings. The molecule has 0 heterocycles. The van der Waals surface area contributed by atoms with E-state index in [1.807, 2.05) is 6.07 Å². The number of carbonyl (C=O) groups is 1. The van der Waals surface area contributed by atoms with Crippen LogP contribution in [0.25, 0.3) is 0 Å². The number of amides is 1. The number of benzene rings is 1. The molecule has 3 nitrogen and oxygen atoms in total. The predicted octanol–water partition coefficient (Wildman–Crippen LogP) is 2.80. The second kappa shape index (κ2) is 10.2. The Morgan fingerprint density at radius 2 is 2.11 bits per heavy atom. The van der Waals surface area contributed by atoms with E-state index in [1.54, 1.807) is 6.07 Å². The van der Waals surface area contributed by atoms with Crippen LogP contribution in [0.1, 0.15) is 24.8 Å². The maximum atomic E-state index is 13.5. The zero-order valence-corrected chi connectivity index (χ0v) is 13.0. The van der Waals surface area contributed by atoms with E-state index in [0.717, 1.165) is 10.9 Å². The molecule has 6 heteroatoms. The third-order valence-corrected chi connectivity index (χ3v) is 3.06. The van der Waals surface area contributed by atoms with Gasteiger partial charge in [0.15, 0.2) is 0 Å². The van der Waals surface area contributed by atoms with Gasteiger partial charge in [-0.2, -0.15) is 0 Å². The van der Waals surface area contributed by atoms with Crippen molar-refractivity contribution in [2.75, 3.05) is 13.1 Å². The van der Waals surface area contributed by atoms with E-state index in [4.69, 9.17) is 5.73 Å². The number of carbonyl (C=O) groups excluding carboxylic acids is 1. The summed E-state index contributed by atoms with van der Waals surface area (Å²) in [6.07, 6.45) is 2.51. The van der Waals surface area contributed by atoms with Gasteiger partial charge in [0.25, 0.3) is 0 Å². The van der Waals surface area contributed by atoms with Crippen molar-refractivity contribution in [1.82, 2.24) is 5.32 Å². The van der Waals surface area contributed by atoms with Crippen LogP contribution in [-0.2, 0) is 11.2 Å². The van der Waals surface area contributed by atoms with Crippen molar-refractivity contribution in [3.8, 4) is 0 Å². The summed E-state index contributed by atoms with van der Waals surface area (Å²) in [6, 6.07) is 5.03. The summed E-state index contributed by atoms with van der Waals surface area (Å²) in [6.45, 7) is 1.09. The van der Waals surface area contributed by atoms with Crippen LogP contribution in [0.3, 0.4) is 0 Å². The Kier molecular flexibility index (Phi) is 9.83. The van der Waals surface area contributed by atoms with E-state index in [-0.39, 0.29) is 24.1 Å². The first-order valence-corrected chi connectivity index (χ1v) is 6.83. The molecule has 0 bridgehead atoms. The fourth-order valence-electron chi connectivity index (χ4n) is 1.58. The molecule has 0 saturated heterocycles. The second-order valence-electron chi connectivity index (χ2n) is 4.08. The van der Waals surface area contributed by atoms with Crippen molar-refractivity contribution in [3.63, 3.8) is 0 Å². The highest BCUT2D eigenvalue weighted by molar-refractivity contribution is 9.10. The molecule has 1 amide bonds. The van der Waals surface area contributed by atoms with Crippen molar-refractivity contribution in [1.29, 1.82) is 0 Å². The molecule has 0 spiro atoms. The van der Waals surface area contributed by atoms with E-state index in [1.165, 1.54) is 6.07 Å². The SMILES string of the molecule is Cl.NCCCC(=O)NCCCc1ccc(Br)cc1F. The Morgan fingerprint density at radius 1 is 1.37 bits per heavy atom. The summed E-state index contributed by atoms with van der Waals surface area (Å²) >= 11 is 3.21. The van der Waals surface area contributed by atoms with Gasteiger partial charge in [-0.1, -0.05) is 22.0 Å². The van der Waals surface area contributed by atoms with Crippen LogP contribution >= 0.6 is 28.3 Å². The molecule has 0 aromatic heterocycles. The lowest BCUT2D eigenvalue weighted by Gasteiger charge is -2.06. The van der Waals surface area contributed by atoms with E-state index < -0.39 is 0 Å². The van der Waals surface area contributed by atoms with Crippen molar-refractivity contribution in [3.05, 3.63) is 34.1 Å². The van der Waals surface area contributed by atoms with Crippen LogP contribution < -0.4 is 11.1 Å². The average Bonchev–Trinajstić information content (AvgIpc) is 2.34. The van der Waals surface area contributed by atoms with Gasteiger partial charge < -0.3 is 11.1 Å². The highest BCUT2D eigenvalue weighted by Gasteiger charge is 2.03. The summed E-state index contributed by atoms with van der Waals surface area (Å²) < 4.78 is 14.2. The van der Waals surface area contributed by atoms with Gasteiger partial charge in [-0.25, -0.2) is 4.39 Å². The third-order valence-electron chi connectivity index (χ3n) is 2.57. The summed E-state index contributed by atoms with van der Waals surface area (Å²) in [5.41, 5.74) is 5.99. The molecule has 0 aliphatic heterocycles. The number of aryl methyl sites for hydroxylation is 1. The van der Waals surface area contributed by atoms with E-state index in [2.05, 4.69) is 21.2 Å². The summed E-state index contributed by atoms with van der Waals surface area (Å²) in [7, 11) is 0. The van der Waals surface area contributed by atoms with Gasteiger partial charge in [0.1, 0.15) is 5.82 Å². The van der Waals surface area contributed by atoms with Gasteiger partial charge in [-0.05, 0) is 43.5 Å². The molecule has 1 aromatic rings. The molecular formula is C13H19BrClFN2O. The minimum absolute atomic E-state index is 0. The molecule has 108 valence electrons. The lowest BCUT2D eigenvalue weighted by atomic mass is 10.1. The molecule has 0 atom stereocenters. The molecule has 0 saturated carbocycles. The first-order valence-electron chi connectivity index (χ1n) is 6.04. The number of hydrogen-bond acceptors (Lipinski definition) is 2. The topological polar surface area (TPSA) is 55.1 Å². The van der Waals surface area contributed by atoms with Crippen LogP contribution in [-0.4, -0.2) is 19.0 Å². The van der Waals surface area contributed by atoms with Gasteiger partial charge in [0.2, 0.25) is 5.91 Å². The van der Waals surface area contributed by atoms with Crippen LogP contribution in [0.4, 0.5) is 4.39 Å². The van der Waals surface area contributed by atoms with E-state index in [0.29, 0.717) is 37.9 Å². The van der Waals surface area contributed by atoms with E-state index in [9.17, 15) is 9.18 Å². The first-order chi connectivity index (χ1) is 8.63. The standard InChI is InChI=1S/C13H18BrFN2O.ClH/c14-11-6-5-10(12(15)9-11)3-2-8-17-13(18)4-1-7-16;/h5-6,9H,1-4,7-8,16H2,(H,17,18);1H. The molecule has 0 aliphatic carbocycles. The van der Waals surface area contributed by atoms with Crippen molar-refractivity contribution < 1.29 is 9.18 Å². The molecule has 0 fully saturated rings. The molecule has 0 radical (unpaired) electrons. The van der Waals surface area contributed by atoms with Crippen molar-refractivity contribution in [2.45, 2.75) is 25.7 Å². The fraction of sp³-hybridized carbons (Fsp3) is 0.462. The lowest BCUT2D eigenvalue weighted by molar-refractivity contribution is -0.121. The maximum absolute atomic E-state index is 13.5. The van der Waals surface area contributed by atoms with Gasteiger partial charge in [0, 0.05) is 17.4 Å². The van der Waals surface area contributed by atoms with Gasteiger partial charge >= 0.3 is 0 Å². The zero-order valence-electron chi connectivity index (χ0n) is 10.6. The Morgan fingerprint density at radius 3 is 2.74 bits per heavy atom. The van der Waals surface area contributed by atoms with Gasteiger partial charge in [-0.3, -0.25) is 4.79 Å². The number of nitrogens with one attached hydrogen (secondary N) is 1. The molecule has 3 N–H and O–H groups in total. The number of hydrogen-bond donors (Lipinski definition) is 2. The third kappa shape index (κ3) is 7.50. The molecule has 0 unspecified atom stereocenters. The normalized spacial score (nSPS) is 9.84. The molecular weight excluding hydrogens is 335 g/mol. The lowest BCUT2D eigenvalue weighted by Crippen LogP contribution is -2.25. The van der Waals surface area contributed by atoms with Crippen LogP contribution in [0, 0.1) is 5.82 Å². The maximum Gasteiger partial charge on any atom is 0.220 e. The monoisotopic (exact) mass is 352 g/mol.